The van der Waals surface area contributed by atoms with Gasteiger partial charge in [-0.2, -0.15) is 5.26 Å². The number of rotatable bonds is 7. The first-order valence-corrected chi connectivity index (χ1v) is 9.04. The maximum absolute atomic E-state index is 12.8. The van der Waals surface area contributed by atoms with Crippen molar-refractivity contribution in [1.82, 2.24) is 4.90 Å². The number of nitriles is 1. The highest BCUT2D eigenvalue weighted by Gasteiger charge is 2.20. The number of carbonyl (C=O) groups excluding carboxylic acids is 2. The van der Waals surface area contributed by atoms with E-state index in [1.165, 1.54) is 6.92 Å². The average molecular weight is 363 g/mol. The maximum Gasteiger partial charge on any atom is 0.224 e. The average Bonchev–Trinajstić information content (AvgIpc) is 2.66. The second-order valence-corrected chi connectivity index (χ2v) is 6.68. The monoisotopic (exact) mass is 363 g/mol. The van der Waals surface area contributed by atoms with Crippen LogP contribution < -0.4 is 4.90 Å². The van der Waals surface area contributed by atoms with Crippen molar-refractivity contribution >= 4 is 17.5 Å². The SMILES string of the molecule is CC(=O)N(CCC(=O)N(Cc1ccccc1)C(C)C)c1cccc(C#N)c1. The lowest BCUT2D eigenvalue weighted by atomic mass is 10.1. The molecule has 5 heteroatoms. The minimum absolute atomic E-state index is 0.00320. The van der Waals surface area contributed by atoms with Crippen molar-refractivity contribution in [2.24, 2.45) is 0 Å². The highest BCUT2D eigenvalue weighted by molar-refractivity contribution is 5.92. The minimum atomic E-state index is -0.156. The maximum atomic E-state index is 12.8. The van der Waals surface area contributed by atoms with Gasteiger partial charge in [0, 0.05) is 38.2 Å². The van der Waals surface area contributed by atoms with Gasteiger partial charge >= 0.3 is 0 Å². The number of anilines is 1. The predicted molar refractivity (Wildman–Crippen MR) is 106 cm³/mol. The quantitative estimate of drug-likeness (QED) is 0.753. The third-order valence-corrected chi connectivity index (χ3v) is 4.36. The molecular formula is C22H25N3O2. The van der Waals surface area contributed by atoms with Gasteiger partial charge in [-0.05, 0) is 37.6 Å². The van der Waals surface area contributed by atoms with Gasteiger partial charge in [0.25, 0.3) is 0 Å². The van der Waals surface area contributed by atoms with Gasteiger partial charge in [-0.1, -0.05) is 36.4 Å². The number of hydrogen-bond donors (Lipinski definition) is 0. The molecule has 0 radical (unpaired) electrons. The molecule has 2 aromatic rings. The van der Waals surface area contributed by atoms with Crippen LogP contribution >= 0.6 is 0 Å². The largest absolute Gasteiger partial charge is 0.336 e. The Bertz CT molecular complexity index is 825. The zero-order valence-corrected chi connectivity index (χ0v) is 16.1. The lowest BCUT2D eigenvalue weighted by Gasteiger charge is -2.28. The Morgan fingerprint density at radius 1 is 1.07 bits per heavy atom. The summed E-state index contributed by atoms with van der Waals surface area (Å²) in [4.78, 5) is 28.2. The minimum Gasteiger partial charge on any atom is -0.336 e. The van der Waals surface area contributed by atoms with E-state index in [1.54, 1.807) is 29.2 Å². The van der Waals surface area contributed by atoms with Gasteiger partial charge in [0.05, 0.1) is 11.6 Å². The molecule has 0 heterocycles. The van der Waals surface area contributed by atoms with Gasteiger partial charge in [-0.15, -0.1) is 0 Å². The van der Waals surface area contributed by atoms with E-state index in [1.807, 2.05) is 49.1 Å². The van der Waals surface area contributed by atoms with Crippen LogP contribution in [-0.4, -0.2) is 29.3 Å². The summed E-state index contributed by atoms with van der Waals surface area (Å²) >= 11 is 0. The van der Waals surface area contributed by atoms with Gasteiger partial charge < -0.3 is 9.80 Å². The lowest BCUT2D eigenvalue weighted by Crippen LogP contribution is -2.39. The van der Waals surface area contributed by atoms with Crippen molar-refractivity contribution in [3.05, 3.63) is 65.7 Å². The molecule has 0 atom stereocenters. The van der Waals surface area contributed by atoms with E-state index in [2.05, 4.69) is 6.07 Å². The predicted octanol–water partition coefficient (Wildman–Crippen LogP) is 3.74. The lowest BCUT2D eigenvalue weighted by molar-refractivity contribution is -0.133. The number of carbonyl (C=O) groups is 2. The molecule has 2 aromatic carbocycles. The number of hydrogen-bond acceptors (Lipinski definition) is 3. The second kappa shape index (κ2) is 9.54. The van der Waals surface area contributed by atoms with Crippen LogP contribution in [0.2, 0.25) is 0 Å². The molecule has 0 aliphatic carbocycles. The first-order chi connectivity index (χ1) is 12.9. The van der Waals surface area contributed by atoms with Gasteiger partial charge in [-0.25, -0.2) is 0 Å². The van der Waals surface area contributed by atoms with Crippen LogP contribution in [0.5, 0.6) is 0 Å². The molecule has 0 N–H and O–H groups in total. The van der Waals surface area contributed by atoms with Crippen molar-refractivity contribution in [2.45, 2.75) is 39.8 Å². The van der Waals surface area contributed by atoms with Crippen molar-refractivity contribution in [2.75, 3.05) is 11.4 Å². The molecule has 2 amide bonds. The summed E-state index contributed by atoms with van der Waals surface area (Å²) in [5, 5.41) is 9.06. The van der Waals surface area contributed by atoms with E-state index in [9.17, 15) is 9.59 Å². The molecule has 0 aliphatic heterocycles. The van der Waals surface area contributed by atoms with Crippen LogP contribution in [0, 0.1) is 11.3 Å². The van der Waals surface area contributed by atoms with Crippen LogP contribution in [0.25, 0.3) is 0 Å². The molecule has 2 rings (SSSR count). The smallest absolute Gasteiger partial charge is 0.224 e. The van der Waals surface area contributed by atoms with Gasteiger partial charge in [0.2, 0.25) is 11.8 Å². The Hall–Kier alpha value is -3.13. The van der Waals surface area contributed by atoms with Crippen molar-refractivity contribution in [3.63, 3.8) is 0 Å². The number of benzene rings is 2. The zero-order valence-electron chi connectivity index (χ0n) is 16.1. The fourth-order valence-electron chi connectivity index (χ4n) is 2.90. The molecule has 0 aliphatic rings. The molecule has 27 heavy (non-hydrogen) atoms. The molecule has 140 valence electrons. The van der Waals surface area contributed by atoms with E-state index in [4.69, 9.17) is 5.26 Å². The van der Waals surface area contributed by atoms with Crippen molar-refractivity contribution in [3.8, 4) is 6.07 Å². The third kappa shape index (κ3) is 5.68. The molecule has 0 bridgehead atoms. The Labute approximate surface area is 160 Å². The highest BCUT2D eigenvalue weighted by Crippen LogP contribution is 2.18. The van der Waals surface area contributed by atoms with Crippen LogP contribution in [0.1, 0.15) is 38.3 Å². The van der Waals surface area contributed by atoms with Gasteiger partial charge in [-0.3, -0.25) is 9.59 Å². The summed E-state index contributed by atoms with van der Waals surface area (Å²) in [7, 11) is 0. The number of amides is 2. The van der Waals surface area contributed by atoms with E-state index < -0.39 is 0 Å². The first kappa shape index (κ1) is 20.2. The summed E-state index contributed by atoms with van der Waals surface area (Å²) in [5.74, 6) is -0.159. The van der Waals surface area contributed by atoms with E-state index in [0.29, 0.717) is 17.8 Å². The highest BCUT2D eigenvalue weighted by atomic mass is 16.2. The molecule has 0 saturated heterocycles. The van der Waals surface area contributed by atoms with Gasteiger partial charge in [0.1, 0.15) is 0 Å². The standard InChI is InChI=1S/C22H25N3O2/c1-17(2)25(16-19-8-5-4-6-9-19)22(27)12-13-24(18(3)26)21-11-7-10-20(14-21)15-23/h4-11,14,17H,12-13,16H2,1-3H3. The Morgan fingerprint density at radius 2 is 1.78 bits per heavy atom. The topological polar surface area (TPSA) is 64.4 Å². The molecule has 0 aromatic heterocycles. The first-order valence-electron chi connectivity index (χ1n) is 9.04. The summed E-state index contributed by atoms with van der Waals surface area (Å²) < 4.78 is 0. The Balaban J connectivity index is 2.09. The fraction of sp³-hybridized carbons (Fsp3) is 0.318. The molecule has 0 unspecified atom stereocenters. The van der Waals surface area contributed by atoms with Crippen molar-refractivity contribution < 1.29 is 9.59 Å². The van der Waals surface area contributed by atoms with Crippen molar-refractivity contribution in [1.29, 1.82) is 5.26 Å². The van der Waals surface area contributed by atoms with E-state index >= 15 is 0 Å². The van der Waals surface area contributed by atoms with Crippen LogP contribution in [-0.2, 0) is 16.1 Å². The summed E-state index contributed by atoms with van der Waals surface area (Å²) in [6, 6.07) is 18.9. The Morgan fingerprint density at radius 3 is 2.37 bits per heavy atom. The van der Waals surface area contributed by atoms with E-state index in [0.717, 1.165) is 5.56 Å². The molecule has 0 spiro atoms. The third-order valence-electron chi connectivity index (χ3n) is 4.36. The summed E-state index contributed by atoms with van der Waals surface area (Å²) in [5.41, 5.74) is 2.19. The van der Waals surface area contributed by atoms with Crippen LogP contribution in [0.4, 0.5) is 5.69 Å². The Kier molecular flexibility index (Phi) is 7.13. The van der Waals surface area contributed by atoms with Crippen LogP contribution in [0.15, 0.2) is 54.6 Å². The van der Waals surface area contributed by atoms with Crippen LogP contribution in [0.3, 0.4) is 0 Å². The molecule has 0 saturated carbocycles. The molecular weight excluding hydrogens is 338 g/mol. The zero-order chi connectivity index (χ0) is 19.8. The molecule has 5 nitrogen and oxygen atoms in total. The second-order valence-electron chi connectivity index (χ2n) is 6.68. The number of nitrogens with zero attached hydrogens (tertiary/aromatic N) is 3. The van der Waals surface area contributed by atoms with E-state index in [-0.39, 0.29) is 30.8 Å². The van der Waals surface area contributed by atoms with Gasteiger partial charge in [0.15, 0.2) is 0 Å². The molecule has 0 fully saturated rings. The summed E-state index contributed by atoms with van der Waals surface area (Å²) in [6.45, 7) is 6.26. The normalized spacial score (nSPS) is 10.3. The fourth-order valence-corrected chi connectivity index (χ4v) is 2.90. The summed E-state index contributed by atoms with van der Waals surface area (Å²) in [6.07, 6.45) is 0.224.